The molecule has 0 aliphatic rings. The highest BCUT2D eigenvalue weighted by Crippen LogP contribution is 2.36. The molecule has 0 radical (unpaired) electrons. The van der Waals surface area contributed by atoms with Gasteiger partial charge in [-0.05, 0) is 36.2 Å². The Morgan fingerprint density at radius 1 is 1.35 bits per heavy atom. The second-order valence-electron chi connectivity index (χ2n) is 3.94. The first kappa shape index (κ1) is 12.6. The van der Waals surface area contributed by atoms with Crippen molar-refractivity contribution in [1.29, 1.82) is 0 Å². The van der Waals surface area contributed by atoms with Crippen LogP contribution in [0.4, 0.5) is 4.39 Å². The molecule has 1 aromatic heterocycles. The van der Waals surface area contributed by atoms with Crippen LogP contribution >= 0.6 is 22.9 Å². The molecule has 1 nitrogen and oxygen atoms in total. The van der Waals surface area contributed by atoms with Gasteiger partial charge in [-0.3, -0.25) is 0 Å². The van der Waals surface area contributed by atoms with Crippen LogP contribution in [0.1, 0.15) is 23.8 Å². The van der Waals surface area contributed by atoms with E-state index in [-0.39, 0.29) is 5.82 Å². The van der Waals surface area contributed by atoms with Crippen LogP contribution in [0.15, 0.2) is 36.4 Å². The maximum atomic E-state index is 13.3. The van der Waals surface area contributed by atoms with Crippen molar-refractivity contribution >= 4 is 22.9 Å². The van der Waals surface area contributed by atoms with Crippen molar-refractivity contribution < 1.29 is 4.39 Å². The van der Waals surface area contributed by atoms with Crippen molar-refractivity contribution in [1.82, 2.24) is 0 Å². The summed E-state index contributed by atoms with van der Waals surface area (Å²) in [5.41, 5.74) is 6.52. The first-order chi connectivity index (χ1) is 8.06. The Hall–Kier alpha value is -0.900. The van der Waals surface area contributed by atoms with Gasteiger partial charge in [-0.1, -0.05) is 30.7 Å². The number of benzene rings is 1. The third kappa shape index (κ3) is 2.37. The molecule has 2 N–H and O–H groups in total. The molecule has 17 heavy (non-hydrogen) atoms. The van der Waals surface area contributed by atoms with E-state index < -0.39 is 5.54 Å². The van der Waals surface area contributed by atoms with E-state index in [1.54, 1.807) is 6.07 Å². The maximum absolute atomic E-state index is 13.3. The van der Waals surface area contributed by atoms with Crippen LogP contribution in [0.25, 0.3) is 0 Å². The summed E-state index contributed by atoms with van der Waals surface area (Å²) in [7, 11) is 0. The van der Waals surface area contributed by atoms with Crippen molar-refractivity contribution in [2.24, 2.45) is 5.73 Å². The summed E-state index contributed by atoms with van der Waals surface area (Å²) >= 11 is 7.37. The minimum atomic E-state index is -0.667. The minimum Gasteiger partial charge on any atom is -0.317 e. The molecule has 1 unspecified atom stereocenters. The van der Waals surface area contributed by atoms with Gasteiger partial charge in [0.15, 0.2) is 0 Å². The second kappa shape index (κ2) is 4.77. The fourth-order valence-electron chi connectivity index (χ4n) is 1.84. The zero-order chi connectivity index (χ0) is 12.5. The van der Waals surface area contributed by atoms with Gasteiger partial charge in [-0.15, -0.1) is 11.3 Å². The average molecular weight is 270 g/mol. The Morgan fingerprint density at radius 3 is 2.65 bits per heavy atom. The predicted octanol–water partition coefficient (Wildman–Crippen LogP) is 4.15. The fraction of sp³-hybridized carbons (Fsp3) is 0.231. The van der Waals surface area contributed by atoms with Crippen LogP contribution in [0.3, 0.4) is 0 Å². The lowest BCUT2D eigenvalue weighted by Gasteiger charge is -2.27. The number of nitrogens with two attached hydrogens (primary N) is 1. The molecule has 0 aliphatic heterocycles. The van der Waals surface area contributed by atoms with Gasteiger partial charge in [0.2, 0.25) is 0 Å². The normalized spacial score (nSPS) is 14.6. The lowest BCUT2D eigenvalue weighted by Crippen LogP contribution is -2.36. The van der Waals surface area contributed by atoms with Crippen LogP contribution < -0.4 is 5.73 Å². The number of halogens is 2. The third-order valence-electron chi connectivity index (χ3n) is 2.91. The van der Waals surface area contributed by atoms with Crippen LogP contribution in [-0.2, 0) is 5.54 Å². The zero-order valence-electron chi connectivity index (χ0n) is 9.41. The van der Waals surface area contributed by atoms with Crippen molar-refractivity contribution in [3.8, 4) is 0 Å². The summed E-state index contributed by atoms with van der Waals surface area (Å²) in [5.74, 6) is -0.270. The third-order valence-corrected chi connectivity index (χ3v) is 4.32. The van der Waals surface area contributed by atoms with Crippen LogP contribution in [0, 0.1) is 5.82 Å². The largest absolute Gasteiger partial charge is 0.317 e. The molecule has 2 rings (SSSR count). The van der Waals surface area contributed by atoms with Crippen molar-refractivity contribution in [3.63, 3.8) is 0 Å². The monoisotopic (exact) mass is 269 g/mol. The Balaban J connectivity index is 2.51. The molecule has 0 bridgehead atoms. The van der Waals surface area contributed by atoms with E-state index in [4.69, 9.17) is 17.3 Å². The highest BCUT2D eigenvalue weighted by atomic mass is 35.5. The van der Waals surface area contributed by atoms with E-state index in [0.717, 1.165) is 10.4 Å². The van der Waals surface area contributed by atoms with Gasteiger partial charge in [0.1, 0.15) is 5.82 Å². The van der Waals surface area contributed by atoms with Crippen LogP contribution in [-0.4, -0.2) is 0 Å². The average Bonchev–Trinajstić information content (AvgIpc) is 2.75. The first-order valence-corrected chi connectivity index (χ1v) is 6.56. The molecule has 0 fully saturated rings. The molecule has 0 amide bonds. The van der Waals surface area contributed by atoms with Gasteiger partial charge in [-0.25, -0.2) is 4.39 Å². The molecule has 1 heterocycles. The van der Waals surface area contributed by atoms with Gasteiger partial charge < -0.3 is 5.73 Å². The fourth-order valence-corrected chi connectivity index (χ4v) is 3.08. The van der Waals surface area contributed by atoms with Crippen molar-refractivity contribution in [2.45, 2.75) is 18.9 Å². The van der Waals surface area contributed by atoms with Crippen molar-refractivity contribution in [3.05, 3.63) is 57.0 Å². The number of thiophene rings is 1. The number of hydrogen-bond acceptors (Lipinski definition) is 2. The molecule has 1 aromatic carbocycles. The first-order valence-electron chi connectivity index (χ1n) is 5.37. The lowest BCUT2D eigenvalue weighted by molar-refractivity contribution is 0.522. The molecule has 4 heteroatoms. The van der Waals surface area contributed by atoms with E-state index >= 15 is 0 Å². The smallest absolute Gasteiger partial charge is 0.123 e. The SMILES string of the molecule is CCC(N)(c1cccc(F)c1)c1ccc(Cl)s1. The number of rotatable bonds is 3. The standard InChI is InChI=1S/C13H13ClFNS/c1-2-13(16,11-6-7-12(14)17-11)9-4-3-5-10(15)8-9/h3-8H,2,16H2,1H3. The summed E-state index contributed by atoms with van der Waals surface area (Å²) in [6, 6.07) is 10.1. The molecule has 0 saturated heterocycles. The summed E-state index contributed by atoms with van der Waals surface area (Å²) in [5, 5.41) is 0. The quantitative estimate of drug-likeness (QED) is 0.890. The van der Waals surface area contributed by atoms with Gasteiger partial charge >= 0.3 is 0 Å². The summed E-state index contributed by atoms with van der Waals surface area (Å²) in [6.07, 6.45) is 0.688. The maximum Gasteiger partial charge on any atom is 0.123 e. The van der Waals surface area contributed by atoms with Crippen LogP contribution in [0.2, 0.25) is 4.34 Å². The van der Waals surface area contributed by atoms with E-state index in [1.165, 1.54) is 23.5 Å². The molecule has 0 aliphatic carbocycles. The van der Waals surface area contributed by atoms with Gasteiger partial charge in [0.05, 0.1) is 9.88 Å². The van der Waals surface area contributed by atoms with Gasteiger partial charge in [-0.2, -0.15) is 0 Å². The zero-order valence-corrected chi connectivity index (χ0v) is 11.0. The van der Waals surface area contributed by atoms with Gasteiger partial charge in [0.25, 0.3) is 0 Å². The highest BCUT2D eigenvalue weighted by Gasteiger charge is 2.29. The molecule has 2 aromatic rings. The summed E-state index contributed by atoms with van der Waals surface area (Å²) in [4.78, 5) is 0.954. The summed E-state index contributed by atoms with van der Waals surface area (Å²) < 4.78 is 14.0. The Labute approximate surface area is 109 Å². The Bertz CT molecular complexity index is 526. The minimum absolute atomic E-state index is 0.270. The Kier molecular flexibility index (Phi) is 3.52. The van der Waals surface area contributed by atoms with E-state index in [1.807, 2.05) is 25.1 Å². The molecule has 90 valence electrons. The molecular formula is C13H13ClFNS. The summed E-state index contributed by atoms with van der Waals surface area (Å²) in [6.45, 7) is 1.98. The van der Waals surface area contributed by atoms with E-state index in [0.29, 0.717) is 10.8 Å². The van der Waals surface area contributed by atoms with E-state index in [2.05, 4.69) is 0 Å². The molecule has 1 atom stereocenters. The topological polar surface area (TPSA) is 26.0 Å². The second-order valence-corrected chi connectivity index (χ2v) is 5.65. The van der Waals surface area contributed by atoms with E-state index in [9.17, 15) is 4.39 Å². The highest BCUT2D eigenvalue weighted by molar-refractivity contribution is 7.16. The number of hydrogen-bond donors (Lipinski definition) is 1. The molecule has 0 saturated carbocycles. The van der Waals surface area contributed by atoms with Crippen molar-refractivity contribution in [2.75, 3.05) is 0 Å². The van der Waals surface area contributed by atoms with Gasteiger partial charge in [0, 0.05) is 4.88 Å². The molecule has 0 spiro atoms. The van der Waals surface area contributed by atoms with Crippen LogP contribution in [0.5, 0.6) is 0 Å². The molecular weight excluding hydrogens is 257 g/mol. The Morgan fingerprint density at radius 2 is 2.12 bits per heavy atom. The lowest BCUT2D eigenvalue weighted by atomic mass is 9.87. The predicted molar refractivity (Wildman–Crippen MR) is 71.0 cm³/mol.